The van der Waals surface area contributed by atoms with Crippen LogP contribution in [-0.2, 0) is 5.41 Å². The number of ether oxygens (including phenoxy) is 1. The van der Waals surface area contributed by atoms with Gasteiger partial charge in [0.2, 0.25) is 11.8 Å². The first-order chi connectivity index (χ1) is 14.3. The van der Waals surface area contributed by atoms with Gasteiger partial charge in [0.25, 0.3) is 0 Å². The van der Waals surface area contributed by atoms with Gasteiger partial charge in [0.1, 0.15) is 11.4 Å². The summed E-state index contributed by atoms with van der Waals surface area (Å²) >= 11 is 0. The fourth-order valence-corrected chi connectivity index (χ4v) is 3.32. The average molecular weight is 402 g/mol. The zero-order valence-corrected chi connectivity index (χ0v) is 17.6. The number of anilines is 2. The van der Waals surface area contributed by atoms with Crippen molar-refractivity contribution in [2.45, 2.75) is 39.2 Å². The first-order valence-corrected chi connectivity index (χ1v) is 9.98. The fourth-order valence-electron chi connectivity index (χ4n) is 3.32. The number of para-hydroxylation sites is 1. The number of nitrogens with zero attached hydrogens (tertiary/aromatic N) is 2. The number of imidazole rings is 1. The van der Waals surface area contributed by atoms with Crippen LogP contribution >= 0.6 is 0 Å². The Labute approximate surface area is 176 Å². The zero-order chi connectivity index (χ0) is 21.3. The number of aromatic nitrogens is 3. The van der Waals surface area contributed by atoms with Crippen LogP contribution in [0.1, 0.15) is 44.9 Å². The Kier molecular flexibility index (Phi) is 5.18. The maximum Gasteiger partial charge on any atom is 0.243 e. The van der Waals surface area contributed by atoms with Gasteiger partial charge in [-0.05, 0) is 48.2 Å². The Bertz CT molecular complexity index is 1180. The lowest BCUT2D eigenvalue weighted by atomic mass is 9.86. The van der Waals surface area contributed by atoms with Crippen LogP contribution in [0.25, 0.3) is 11.0 Å². The van der Waals surface area contributed by atoms with E-state index in [0.29, 0.717) is 17.5 Å². The van der Waals surface area contributed by atoms with Gasteiger partial charge in [-0.2, -0.15) is 0 Å². The first kappa shape index (κ1) is 19.9. The van der Waals surface area contributed by atoms with Gasteiger partial charge < -0.3 is 20.1 Å². The van der Waals surface area contributed by atoms with Crippen molar-refractivity contribution in [1.82, 2.24) is 15.0 Å². The summed E-state index contributed by atoms with van der Waals surface area (Å²) in [6.45, 7) is 8.21. The Morgan fingerprint density at radius 3 is 2.63 bits per heavy atom. The molecule has 6 nitrogen and oxygen atoms in total. The third kappa shape index (κ3) is 4.14. The van der Waals surface area contributed by atoms with E-state index in [1.807, 2.05) is 48.5 Å². The molecular formula is C24H26N4O2. The normalized spacial score (nSPS) is 12.7. The summed E-state index contributed by atoms with van der Waals surface area (Å²) in [4.78, 5) is 12.3. The van der Waals surface area contributed by atoms with Crippen LogP contribution in [0.15, 0.2) is 60.8 Å². The molecule has 3 N–H and O–H groups in total. The summed E-state index contributed by atoms with van der Waals surface area (Å²) < 4.78 is 6.22. The van der Waals surface area contributed by atoms with Crippen LogP contribution in [0.4, 0.5) is 11.6 Å². The minimum absolute atomic E-state index is 0.0563. The summed E-state index contributed by atoms with van der Waals surface area (Å²) in [6, 6.07) is 17.4. The van der Waals surface area contributed by atoms with Crippen LogP contribution in [0.2, 0.25) is 0 Å². The summed E-state index contributed by atoms with van der Waals surface area (Å²) in [5.74, 6) is 1.83. The molecule has 0 fully saturated rings. The highest BCUT2D eigenvalue weighted by Crippen LogP contribution is 2.36. The van der Waals surface area contributed by atoms with Gasteiger partial charge in [-0.3, -0.25) is 0 Å². The van der Waals surface area contributed by atoms with Crippen LogP contribution in [0.5, 0.6) is 11.6 Å². The molecule has 30 heavy (non-hydrogen) atoms. The molecule has 4 aromatic rings. The van der Waals surface area contributed by atoms with Crippen LogP contribution in [0, 0.1) is 0 Å². The fraction of sp³-hybridized carbons (Fsp3) is 0.250. The molecule has 0 bridgehead atoms. The standard InChI is InChI=1S/C24H26N4O2/c1-15(29)16-11-12-18-20(14-16)28-23(26-18)27-19-9-7-13-25-22(19)30-21-10-6-5-8-17(21)24(2,3)4/h5-15,29H,1-4H3,(H2,26,27,28). The van der Waals surface area contributed by atoms with E-state index >= 15 is 0 Å². The molecule has 1 atom stereocenters. The number of hydrogen-bond donors (Lipinski definition) is 3. The van der Waals surface area contributed by atoms with Crippen molar-refractivity contribution in [3.63, 3.8) is 0 Å². The number of hydrogen-bond acceptors (Lipinski definition) is 5. The van der Waals surface area contributed by atoms with Gasteiger partial charge in [-0.25, -0.2) is 9.97 Å². The predicted octanol–water partition coefficient (Wildman–Crippen LogP) is 5.84. The third-order valence-electron chi connectivity index (χ3n) is 4.91. The summed E-state index contributed by atoms with van der Waals surface area (Å²) in [7, 11) is 0. The number of pyridine rings is 1. The number of rotatable bonds is 5. The van der Waals surface area contributed by atoms with E-state index in [9.17, 15) is 5.11 Å². The van der Waals surface area contributed by atoms with Crippen molar-refractivity contribution in [3.8, 4) is 11.6 Å². The number of nitrogens with one attached hydrogen (secondary N) is 2. The predicted molar refractivity (Wildman–Crippen MR) is 119 cm³/mol. The maximum absolute atomic E-state index is 9.81. The molecule has 4 rings (SSSR count). The topological polar surface area (TPSA) is 83.1 Å². The highest BCUT2D eigenvalue weighted by atomic mass is 16.5. The van der Waals surface area contributed by atoms with Gasteiger partial charge in [0, 0.05) is 11.8 Å². The molecule has 154 valence electrons. The quantitative estimate of drug-likeness (QED) is 0.390. The largest absolute Gasteiger partial charge is 0.437 e. The lowest BCUT2D eigenvalue weighted by Crippen LogP contribution is -2.12. The lowest BCUT2D eigenvalue weighted by Gasteiger charge is -2.22. The number of aliphatic hydroxyl groups is 1. The Balaban J connectivity index is 1.64. The molecule has 6 heteroatoms. The molecular weight excluding hydrogens is 376 g/mol. The first-order valence-electron chi connectivity index (χ1n) is 9.98. The molecule has 1 unspecified atom stereocenters. The van der Waals surface area contributed by atoms with Crippen molar-refractivity contribution in [1.29, 1.82) is 0 Å². The molecule has 0 saturated carbocycles. The van der Waals surface area contributed by atoms with Crippen molar-refractivity contribution in [3.05, 3.63) is 71.9 Å². The van der Waals surface area contributed by atoms with Crippen LogP contribution in [-0.4, -0.2) is 20.1 Å². The number of H-pyrrole nitrogens is 1. The van der Waals surface area contributed by atoms with Crippen molar-refractivity contribution >= 4 is 22.7 Å². The smallest absolute Gasteiger partial charge is 0.243 e. The number of benzene rings is 2. The van der Waals surface area contributed by atoms with Crippen molar-refractivity contribution in [2.24, 2.45) is 0 Å². The second-order valence-corrected chi connectivity index (χ2v) is 8.37. The van der Waals surface area contributed by atoms with Gasteiger partial charge in [-0.15, -0.1) is 0 Å². The molecule has 0 spiro atoms. The Morgan fingerprint density at radius 2 is 1.87 bits per heavy atom. The molecule has 2 aromatic carbocycles. The zero-order valence-electron chi connectivity index (χ0n) is 17.6. The van der Waals surface area contributed by atoms with Crippen LogP contribution in [0.3, 0.4) is 0 Å². The summed E-state index contributed by atoms with van der Waals surface area (Å²) in [5, 5.41) is 13.1. The molecule has 0 radical (unpaired) electrons. The Morgan fingerprint density at radius 1 is 1.07 bits per heavy atom. The van der Waals surface area contributed by atoms with Gasteiger partial charge >= 0.3 is 0 Å². The number of aliphatic hydroxyl groups excluding tert-OH is 1. The molecule has 0 aliphatic heterocycles. The van der Waals surface area contributed by atoms with E-state index in [0.717, 1.165) is 27.9 Å². The third-order valence-corrected chi connectivity index (χ3v) is 4.91. The minimum atomic E-state index is -0.532. The Hall–Kier alpha value is -3.38. The molecule has 2 heterocycles. The monoisotopic (exact) mass is 402 g/mol. The van der Waals surface area contributed by atoms with Crippen molar-refractivity contribution < 1.29 is 9.84 Å². The number of fused-ring (bicyclic) bond motifs is 1. The van der Waals surface area contributed by atoms with Crippen LogP contribution < -0.4 is 10.1 Å². The van der Waals surface area contributed by atoms with E-state index in [1.54, 1.807) is 13.1 Å². The van der Waals surface area contributed by atoms with Gasteiger partial charge in [0.15, 0.2) is 0 Å². The van der Waals surface area contributed by atoms with E-state index in [1.165, 1.54) is 0 Å². The second kappa shape index (κ2) is 7.80. The summed E-state index contributed by atoms with van der Waals surface area (Å²) in [5.41, 5.74) is 4.25. The second-order valence-electron chi connectivity index (χ2n) is 8.37. The highest BCUT2D eigenvalue weighted by Gasteiger charge is 2.20. The van der Waals surface area contributed by atoms with Crippen molar-refractivity contribution in [2.75, 3.05) is 5.32 Å². The van der Waals surface area contributed by atoms with E-state index in [4.69, 9.17) is 4.74 Å². The van der Waals surface area contributed by atoms with E-state index < -0.39 is 6.10 Å². The lowest BCUT2D eigenvalue weighted by molar-refractivity contribution is 0.199. The molecule has 0 saturated heterocycles. The van der Waals surface area contributed by atoms with Gasteiger partial charge in [-0.1, -0.05) is 45.0 Å². The molecule has 0 aliphatic carbocycles. The average Bonchev–Trinajstić information content (AvgIpc) is 3.10. The molecule has 0 amide bonds. The summed E-state index contributed by atoms with van der Waals surface area (Å²) in [6.07, 6.45) is 1.17. The highest BCUT2D eigenvalue weighted by molar-refractivity contribution is 5.79. The molecule has 0 aliphatic rings. The SMILES string of the molecule is CC(O)c1ccc2nc(Nc3cccnc3Oc3ccccc3C(C)(C)C)[nH]c2c1. The minimum Gasteiger partial charge on any atom is -0.437 e. The van der Waals surface area contributed by atoms with E-state index in [2.05, 4.69) is 47.1 Å². The van der Waals surface area contributed by atoms with E-state index in [-0.39, 0.29) is 5.41 Å². The van der Waals surface area contributed by atoms with Gasteiger partial charge in [0.05, 0.1) is 17.1 Å². The maximum atomic E-state index is 9.81. The number of aromatic amines is 1. The molecule has 2 aromatic heterocycles.